The van der Waals surface area contributed by atoms with Gasteiger partial charge >= 0.3 is 0 Å². The highest BCUT2D eigenvalue weighted by Gasteiger charge is 2.40. The van der Waals surface area contributed by atoms with Crippen molar-refractivity contribution in [2.45, 2.75) is 25.1 Å². The van der Waals surface area contributed by atoms with Gasteiger partial charge in [-0.2, -0.15) is 0 Å². The molecule has 120 valence electrons. The number of amides is 1. The van der Waals surface area contributed by atoms with Crippen LogP contribution in [0.1, 0.15) is 24.4 Å². The molecule has 1 amide bonds. The number of carbonyl (C=O) groups excluding carboxylic acids is 1. The van der Waals surface area contributed by atoms with Crippen LogP contribution >= 0.6 is 0 Å². The molecule has 1 unspecified atom stereocenters. The SMILES string of the molecule is O=C([C@H]1CCNC[C@H]1F)N1OCCC1c1cc(F)cc(F)c1. The Morgan fingerprint density at radius 3 is 2.64 bits per heavy atom. The van der Waals surface area contributed by atoms with E-state index in [1.54, 1.807) is 0 Å². The van der Waals surface area contributed by atoms with E-state index < -0.39 is 35.7 Å². The topological polar surface area (TPSA) is 41.6 Å². The second-order valence-electron chi connectivity index (χ2n) is 5.62. The van der Waals surface area contributed by atoms with Crippen LogP contribution in [0.5, 0.6) is 0 Å². The minimum absolute atomic E-state index is 0.128. The van der Waals surface area contributed by atoms with Gasteiger partial charge in [-0.1, -0.05) is 0 Å². The Morgan fingerprint density at radius 2 is 1.95 bits per heavy atom. The van der Waals surface area contributed by atoms with Gasteiger partial charge in [0.2, 0.25) is 0 Å². The number of benzene rings is 1. The van der Waals surface area contributed by atoms with Crippen molar-refractivity contribution >= 4 is 5.91 Å². The molecule has 2 heterocycles. The Bertz CT molecular complexity index is 549. The van der Waals surface area contributed by atoms with Gasteiger partial charge in [0.15, 0.2) is 0 Å². The highest BCUT2D eigenvalue weighted by Crippen LogP contribution is 2.34. The van der Waals surface area contributed by atoms with Crippen LogP contribution in [0.15, 0.2) is 18.2 Å². The summed E-state index contributed by atoms with van der Waals surface area (Å²) < 4.78 is 40.7. The van der Waals surface area contributed by atoms with Gasteiger partial charge in [0.1, 0.15) is 17.8 Å². The summed E-state index contributed by atoms with van der Waals surface area (Å²) in [6.45, 7) is 0.948. The lowest BCUT2D eigenvalue weighted by Gasteiger charge is -2.31. The van der Waals surface area contributed by atoms with E-state index in [1.165, 1.54) is 12.1 Å². The number of carbonyl (C=O) groups is 1. The molecule has 2 aliphatic rings. The minimum Gasteiger partial charge on any atom is -0.314 e. The number of halogens is 3. The molecule has 0 bridgehead atoms. The van der Waals surface area contributed by atoms with E-state index in [2.05, 4.69) is 5.32 Å². The fraction of sp³-hybridized carbons (Fsp3) is 0.533. The zero-order valence-corrected chi connectivity index (χ0v) is 11.9. The van der Waals surface area contributed by atoms with Gasteiger partial charge in [-0.15, -0.1) is 0 Å². The third kappa shape index (κ3) is 2.96. The number of piperidine rings is 1. The molecule has 1 N–H and O–H groups in total. The molecule has 2 saturated heterocycles. The van der Waals surface area contributed by atoms with E-state index in [4.69, 9.17) is 4.84 Å². The van der Waals surface area contributed by atoms with Crippen molar-refractivity contribution in [2.24, 2.45) is 5.92 Å². The van der Waals surface area contributed by atoms with Crippen molar-refractivity contribution in [3.8, 4) is 0 Å². The third-order valence-corrected chi connectivity index (χ3v) is 4.12. The molecule has 2 fully saturated rings. The van der Waals surface area contributed by atoms with Crippen LogP contribution in [0, 0.1) is 17.6 Å². The van der Waals surface area contributed by atoms with Gasteiger partial charge < -0.3 is 5.32 Å². The van der Waals surface area contributed by atoms with E-state index in [1.807, 2.05) is 0 Å². The van der Waals surface area contributed by atoms with E-state index in [0.717, 1.165) is 11.1 Å². The third-order valence-electron chi connectivity index (χ3n) is 4.12. The van der Waals surface area contributed by atoms with E-state index in [0.29, 0.717) is 24.9 Å². The first kappa shape index (κ1) is 15.3. The van der Waals surface area contributed by atoms with Gasteiger partial charge in [-0.05, 0) is 30.7 Å². The predicted molar refractivity (Wildman–Crippen MR) is 72.4 cm³/mol. The lowest BCUT2D eigenvalue weighted by atomic mass is 9.94. The highest BCUT2D eigenvalue weighted by molar-refractivity contribution is 5.79. The Balaban J connectivity index is 1.81. The lowest BCUT2D eigenvalue weighted by Crippen LogP contribution is -2.46. The van der Waals surface area contributed by atoms with Crippen LogP contribution in [0.4, 0.5) is 13.2 Å². The molecule has 2 aliphatic heterocycles. The molecule has 4 nitrogen and oxygen atoms in total. The largest absolute Gasteiger partial charge is 0.314 e. The zero-order valence-electron chi connectivity index (χ0n) is 11.9. The van der Waals surface area contributed by atoms with Crippen LogP contribution < -0.4 is 5.32 Å². The molecule has 0 saturated carbocycles. The lowest BCUT2D eigenvalue weighted by molar-refractivity contribution is -0.184. The van der Waals surface area contributed by atoms with Crippen LogP contribution in [-0.2, 0) is 9.63 Å². The van der Waals surface area contributed by atoms with Gasteiger partial charge in [0, 0.05) is 19.0 Å². The van der Waals surface area contributed by atoms with Crippen LogP contribution in [0.25, 0.3) is 0 Å². The normalized spacial score (nSPS) is 28.9. The predicted octanol–water partition coefficient (Wildman–Crippen LogP) is 2.12. The average Bonchev–Trinajstić information content (AvgIpc) is 2.95. The molecule has 0 aromatic heterocycles. The summed E-state index contributed by atoms with van der Waals surface area (Å²) in [4.78, 5) is 17.8. The minimum atomic E-state index is -1.28. The standard InChI is InChI=1S/C15H17F3N2O2/c16-10-5-9(6-11(17)7-10)14-2-4-22-20(14)15(21)12-1-3-19-8-13(12)18/h5-7,12-14,19H,1-4,8H2/t12-,13+,14?/m0/s1. The number of hydrogen-bond donors (Lipinski definition) is 1. The van der Waals surface area contributed by atoms with Crippen LogP contribution in [-0.4, -0.2) is 36.8 Å². The first-order valence-electron chi connectivity index (χ1n) is 7.33. The number of nitrogens with zero attached hydrogens (tertiary/aromatic N) is 1. The molecule has 3 atom stereocenters. The summed E-state index contributed by atoms with van der Waals surface area (Å²) in [6, 6.07) is 2.55. The molecule has 0 radical (unpaired) electrons. The second kappa shape index (κ2) is 6.26. The first-order valence-corrected chi connectivity index (χ1v) is 7.33. The quantitative estimate of drug-likeness (QED) is 0.909. The molecule has 7 heteroatoms. The average molecular weight is 314 g/mol. The molecule has 22 heavy (non-hydrogen) atoms. The molecule has 0 aliphatic carbocycles. The fourth-order valence-electron chi connectivity index (χ4n) is 3.02. The number of hydroxylamine groups is 2. The highest BCUT2D eigenvalue weighted by atomic mass is 19.1. The summed E-state index contributed by atoms with van der Waals surface area (Å²) in [5.41, 5.74) is 0.327. The first-order chi connectivity index (χ1) is 10.6. The molecule has 1 aromatic rings. The van der Waals surface area contributed by atoms with Crippen molar-refractivity contribution in [1.29, 1.82) is 0 Å². The number of hydrogen-bond acceptors (Lipinski definition) is 3. The maximum Gasteiger partial charge on any atom is 0.252 e. The van der Waals surface area contributed by atoms with Crippen molar-refractivity contribution in [3.63, 3.8) is 0 Å². The van der Waals surface area contributed by atoms with Crippen molar-refractivity contribution in [2.75, 3.05) is 19.7 Å². The van der Waals surface area contributed by atoms with Crippen molar-refractivity contribution in [1.82, 2.24) is 10.4 Å². The van der Waals surface area contributed by atoms with Gasteiger partial charge in [-0.3, -0.25) is 9.63 Å². The summed E-state index contributed by atoms with van der Waals surface area (Å²) in [5.74, 6) is -2.65. The monoisotopic (exact) mass is 314 g/mol. The Labute approximate surface area is 126 Å². The molecular weight excluding hydrogens is 297 g/mol. The van der Waals surface area contributed by atoms with Crippen molar-refractivity contribution < 1.29 is 22.8 Å². The van der Waals surface area contributed by atoms with Crippen molar-refractivity contribution in [3.05, 3.63) is 35.4 Å². The number of alkyl halides is 1. The molecule has 3 rings (SSSR count). The molecule has 1 aromatic carbocycles. The summed E-state index contributed by atoms with van der Waals surface area (Å²) in [5, 5.41) is 3.98. The smallest absolute Gasteiger partial charge is 0.252 e. The van der Waals surface area contributed by atoms with E-state index >= 15 is 0 Å². The molecule has 0 spiro atoms. The van der Waals surface area contributed by atoms with Gasteiger partial charge in [0.25, 0.3) is 5.91 Å². The van der Waals surface area contributed by atoms with E-state index in [9.17, 15) is 18.0 Å². The number of rotatable bonds is 2. The maximum atomic E-state index is 13.9. The van der Waals surface area contributed by atoms with Gasteiger partial charge in [0.05, 0.1) is 18.6 Å². The number of nitrogens with one attached hydrogen (secondary N) is 1. The van der Waals surface area contributed by atoms with Gasteiger partial charge in [-0.25, -0.2) is 18.2 Å². The molecular formula is C15H17F3N2O2. The fourth-order valence-corrected chi connectivity index (χ4v) is 3.02. The maximum absolute atomic E-state index is 13.9. The second-order valence-corrected chi connectivity index (χ2v) is 5.62. The summed E-state index contributed by atoms with van der Waals surface area (Å²) in [6.07, 6.45) is -0.476. The summed E-state index contributed by atoms with van der Waals surface area (Å²) >= 11 is 0. The zero-order chi connectivity index (χ0) is 15.7. The Morgan fingerprint density at radius 1 is 1.23 bits per heavy atom. The van der Waals surface area contributed by atoms with Crippen LogP contribution in [0.2, 0.25) is 0 Å². The summed E-state index contributed by atoms with van der Waals surface area (Å²) in [7, 11) is 0. The van der Waals surface area contributed by atoms with E-state index in [-0.39, 0.29) is 13.2 Å². The Hall–Kier alpha value is -1.60. The van der Waals surface area contributed by atoms with Crippen LogP contribution in [0.3, 0.4) is 0 Å². The Kier molecular flexibility index (Phi) is 4.35.